The van der Waals surface area contributed by atoms with Gasteiger partial charge in [0, 0.05) is 12.4 Å². The maximum absolute atomic E-state index is 8.97. The number of rotatable bonds is 3. The van der Waals surface area contributed by atoms with Gasteiger partial charge in [-0.2, -0.15) is 0 Å². The zero-order valence-corrected chi connectivity index (χ0v) is 6.99. The zero-order chi connectivity index (χ0) is 8.27. The largest absolute Gasteiger partial charge is 0.394 e. The van der Waals surface area contributed by atoms with Crippen molar-refractivity contribution in [1.29, 1.82) is 0 Å². The third kappa shape index (κ3) is 1.60. The number of aliphatic hydroxyl groups excluding tert-OH is 1. The highest BCUT2D eigenvalue weighted by molar-refractivity contribution is 4.91. The average molecular weight is 154 g/mol. The van der Waals surface area contributed by atoms with Crippen molar-refractivity contribution < 1.29 is 5.11 Å². The summed E-state index contributed by atoms with van der Waals surface area (Å²) in [6.45, 7) is 4.19. The van der Waals surface area contributed by atoms with Crippen LogP contribution in [0.15, 0.2) is 12.4 Å². The summed E-state index contributed by atoms with van der Waals surface area (Å²) in [4.78, 5) is 4.09. The van der Waals surface area contributed by atoms with E-state index in [0.717, 1.165) is 12.2 Å². The average Bonchev–Trinajstić information content (AvgIpc) is 2.40. The molecule has 1 aromatic heterocycles. The Labute approximate surface area is 66.7 Å². The highest BCUT2D eigenvalue weighted by Gasteiger charge is 2.07. The molecule has 62 valence electrons. The second-order valence-corrected chi connectivity index (χ2v) is 2.63. The summed E-state index contributed by atoms with van der Waals surface area (Å²) in [7, 11) is 0. The van der Waals surface area contributed by atoms with E-state index in [4.69, 9.17) is 5.11 Å². The topological polar surface area (TPSA) is 38.0 Å². The molecule has 1 heterocycles. The van der Waals surface area contributed by atoms with E-state index in [-0.39, 0.29) is 12.6 Å². The maximum Gasteiger partial charge on any atom is 0.105 e. The van der Waals surface area contributed by atoms with Gasteiger partial charge in [0.15, 0.2) is 0 Å². The van der Waals surface area contributed by atoms with Crippen molar-refractivity contribution in [3.05, 3.63) is 18.2 Å². The van der Waals surface area contributed by atoms with Crippen LogP contribution in [0, 0.1) is 6.92 Å². The Morgan fingerprint density at radius 2 is 2.45 bits per heavy atom. The SMILES string of the molecule is CCC(CO)n1ccnc1C. The molecule has 0 radical (unpaired) electrons. The third-order valence-electron chi connectivity index (χ3n) is 1.94. The second-order valence-electron chi connectivity index (χ2n) is 2.63. The van der Waals surface area contributed by atoms with Crippen LogP contribution in [0.1, 0.15) is 25.2 Å². The molecule has 0 aliphatic heterocycles. The number of aromatic nitrogens is 2. The summed E-state index contributed by atoms with van der Waals surface area (Å²) in [6, 6.07) is 0.192. The van der Waals surface area contributed by atoms with Crippen molar-refractivity contribution >= 4 is 0 Å². The number of hydrogen-bond donors (Lipinski definition) is 1. The Balaban J connectivity index is 2.81. The number of nitrogens with zero attached hydrogens (tertiary/aromatic N) is 2. The van der Waals surface area contributed by atoms with E-state index in [1.165, 1.54) is 0 Å². The molecule has 0 aromatic carbocycles. The molecule has 3 nitrogen and oxygen atoms in total. The first-order chi connectivity index (χ1) is 5.29. The normalized spacial score (nSPS) is 13.4. The molecule has 11 heavy (non-hydrogen) atoms. The fourth-order valence-corrected chi connectivity index (χ4v) is 1.19. The van der Waals surface area contributed by atoms with Crippen molar-refractivity contribution in [2.45, 2.75) is 26.3 Å². The molecule has 0 saturated carbocycles. The third-order valence-corrected chi connectivity index (χ3v) is 1.94. The molecule has 0 spiro atoms. The quantitative estimate of drug-likeness (QED) is 0.708. The number of imidazole rings is 1. The van der Waals surface area contributed by atoms with Crippen molar-refractivity contribution in [2.24, 2.45) is 0 Å². The van der Waals surface area contributed by atoms with Crippen LogP contribution in [-0.4, -0.2) is 21.3 Å². The monoisotopic (exact) mass is 154 g/mol. The van der Waals surface area contributed by atoms with E-state index in [1.807, 2.05) is 17.7 Å². The van der Waals surface area contributed by atoms with E-state index in [1.54, 1.807) is 6.20 Å². The van der Waals surface area contributed by atoms with Crippen LogP contribution in [0.4, 0.5) is 0 Å². The minimum Gasteiger partial charge on any atom is -0.394 e. The lowest BCUT2D eigenvalue weighted by atomic mass is 10.2. The van der Waals surface area contributed by atoms with Gasteiger partial charge < -0.3 is 9.67 Å². The minimum atomic E-state index is 0.188. The molecule has 3 heteroatoms. The lowest BCUT2D eigenvalue weighted by Crippen LogP contribution is -2.12. The molecule has 1 unspecified atom stereocenters. The Morgan fingerprint density at radius 1 is 1.73 bits per heavy atom. The summed E-state index contributed by atoms with van der Waals surface area (Å²) in [5, 5.41) is 8.97. The van der Waals surface area contributed by atoms with Gasteiger partial charge in [-0.15, -0.1) is 0 Å². The zero-order valence-electron chi connectivity index (χ0n) is 6.99. The minimum absolute atomic E-state index is 0.188. The van der Waals surface area contributed by atoms with Gasteiger partial charge in [0.25, 0.3) is 0 Å². The van der Waals surface area contributed by atoms with Gasteiger partial charge in [-0.05, 0) is 13.3 Å². The standard InChI is InChI=1S/C8H14N2O/c1-3-8(6-11)10-5-4-9-7(10)2/h4-5,8,11H,3,6H2,1-2H3. The molecule has 1 rings (SSSR count). The van der Waals surface area contributed by atoms with E-state index in [2.05, 4.69) is 11.9 Å². The first kappa shape index (κ1) is 8.27. The van der Waals surface area contributed by atoms with Gasteiger partial charge in [0.05, 0.1) is 12.6 Å². The van der Waals surface area contributed by atoms with Gasteiger partial charge in [0.1, 0.15) is 5.82 Å². The molecule has 0 fully saturated rings. The fourth-order valence-electron chi connectivity index (χ4n) is 1.19. The lowest BCUT2D eigenvalue weighted by Gasteiger charge is -2.14. The van der Waals surface area contributed by atoms with Crippen LogP contribution in [-0.2, 0) is 0 Å². The molecule has 0 saturated heterocycles. The molecule has 1 aromatic rings. The Hall–Kier alpha value is -0.830. The highest BCUT2D eigenvalue weighted by atomic mass is 16.3. The van der Waals surface area contributed by atoms with Crippen molar-refractivity contribution in [3.63, 3.8) is 0 Å². The van der Waals surface area contributed by atoms with Gasteiger partial charge in [-0.3, -0.25) is 0 Å². The van der Waals surface area contributed by atoms with Crippen LogP contribution in [0.5, 0.6) is 0 Å². The van der Waals surface area contributed by atoms with E-state index in [9.17, 15) is 0 Å². The maximum atomic E-state index is 8.97. The van der Waals surface area contributed by atoms with E-state index >= 15 is 0 Å². The van der Waals surface area contributed by atoms with Crippen LogP contribution in [0.2, 0.25) is 0 Å². The molecule has 0 amide bonds. The highest BCUT2D eigenvalue weighted by Crippen LogP contribution is 2.11. The smallest absolute Gasteiger partial charge is 0.105 e. The number of aryl methyl sites for hydroxylation is 1. The Kier molecular flexibility index (Phi) is 2.65. The van der Waals surface area contributed by atoms with Crippen molar-refractivity contribution in [2.75, 3.05) is 6.61 Å². The predicted octanol–water partition coefficient (Wildman–Crippen LogP) is 1.13. The Morgan fingerprint density at radius 3 is 2.82 bits per heavy atom. The summed E-state index contributed by atoms with van der Waals surface area (Å²) in [5.74, 6) is 0.964. The molecule has 1 atom stereocenters. The number of hydrogen-bond acceptors (Lipinski definition) is 2. The van der Waals surface area contributed by atoms with Gasteiger partial charge in [-0.25, -0.2) is 4.98 Å². The van der Waals surface area contributed by atoms with Gasteiger partial charge in [0.2, 0.25) is 0 Å². The fraction of sp³-hybridized carbons (Fsp3) is 0.625. The summed E-state index contributed by atoms with van der Waals surface area (Å²) >= 11 is 0. The van der Waals surface area contributed by atoms with Crippen LogP contribution in [0.3, 0.4) is 0 Å². The summed E-state index contributed by atoms with van der Waals surface area (Å²) < 4.78 is 2.00. The van der Waals surface area contributed by atoms with E-state index in [0.29, 0.717) is 0 Å². The number of aliphatic hydroxyl groups is 1. The van der Waals surface area contributed by atoms with Crippen molar-refractivity contribution in [1.82, 2.24) is 9.55 Å². The van der Waals surface area contributed by atoms with E-state index < -0.39 is 0 Å². The van der Waals surface area contributed by atoms with Crippen LogP contribution >= 0.6 is 0 Å². The van der Waals surface area contributed by atoms with Crippen LogP contribution < -0.4 is 0 Å². The van der Waals surface area contributed by atoms with Gasteiger partial charge in [-0.1, -0.05) is 6.92 Å². The molecule has 0 bridgehead atoms. The summed E-state index contributed by atoms with van der Waals surface area (Å²) in [6.07, 6.45) is 4.60. The first-order valence-corrected chi connectivity index (χ1v) is 3.89. The predicted molar refractivity (Wildman–Crippen MR) is 43.4 cm³/mol. The van der Waals surface area contributed by atoms with Crippen molar-refractivity contribution in [3.8, 4) is 0 Å². The molecule has 0 aliphatic carbocycles. The Bertz CT molecular complexity index is 216. The molecular formula is C8H14N2O. The molecular weight excluding hydrogens is 140 g/mol. The lowest BCUT2D eigenvalue weighted by molar-refractivity contribution is 0.222. The van der Waals surface area contributed by atoms with Gasteiger partial charge >= 0.3 is 0 Å². The first-order valence-electron chi connectivity index (χ1n) is 3.89. The second kappa shape index (κ2) is 3.53. The summed E-state index contributed by atoms with van der Waals surface area (Å²) in [5.41, 5.74) is 0. The molecule has 1 N–H and O–H groups in total. The molecule has 0 aliphatic rings. The van der Waals surface area contributed by atoms with Crippen LogP contribution in [0.25, 0.3) is 0 Å².